The van der Waals surface area contributed by atoms with Gasteiger partial charge in [0.1, 0.15) is 0 Å². The molecule has 2 saturated heterocycles. The minimum Gasteiger partial charge on any atom is -0.326 e. The van der Waals surface area contributed by atoms with Gasteiger partial charge in [-0.3, -0.25) is 19.4 Å². The van der Waals surface area contributed by atoms with E-state index < -0.39 is 0 Å². The zero-order valence-electron chi connectivity index (χ0n) is 21.6. The third-order valence-electron chi connectivity index (χ3n) is 8.71. The number of rotatable bonds is 4. The Balaban J connectivity index is 1.65. The van der Waals surface area contributed by atoms with Crippen LogP contribution in [0.2, 0.25) is 0 Å². The fraction of sp³-hybridized carbons (Fsp3) is 0.692. The standard InChI is InChI=1S/C26H42N4O2/c1-23(2)15-19(25(5,6)29(23)9)21(31)27-17-11-13-18(14-12-17)28-22(32)20-16-24(3,4)30(10)26(20,7)8/h11-14,19-20H,15-16H2,1-10H3,(H,27,31)(H,28,32). The van der Waals surface area contributed by atoms with E-state index in [0.717, 1.165) is 24.2 Å². The summed E-state index contributed by atoms with van der Waals surface area (Å²) in [6.45, 7) is 17.3. The largest absolute Gasteiger partial charge is 0.326 e. The number of carbonyl (C=O) groups is 2. The van der Waals surface area contributed by atoms with Gasteiger partial charge in [0.05, 0.1) is 11.8 Å². The van der Waals surface area contributed by atoms with Gasteiger partial charge in [-0.05, 0) is 107 Å². The molecule has 0 saturated carbocycles. The van der Waals surface area contributed by atoms with Crippen molar-refractivity contribution in [2.75, 3.05) is 24.7 Å². The summed E-state index contributed by atoms with van der Waals surface area (Å²) >= 11 is 0. The van der Waals surface area contributed by atoms with Crippen LogP contribution < -0.4 is 10.6 Å². The highest BCUT2D eigenvalue weighted by atomic mass is 16.2. The molecule has 2 aliphatic rings. The van der Waals surface area contributed by atoms with E-state index in [4.69, 9.17) is 0 Å². The van der Waals surface area contributed by atoms with Gasteiger partial charge in [0.2, 0.25) is 11.8 Å². The predicted octanol–water partition coefficient (Wildman–Crippen LogP) is 4.58. The highest BCUT2D eigenvalue weighted by molar-refractivity contribution is 5.96. The number of carbonyl (C=O) groups excluding carboxylic acids is 2. The molecule has 1 aromatic carbocycles. The van der Waals surface area contributed by atoms with Crippen molar-refractivity contribution >= 4 is 23.2 Å². The Morgan fingerprint density at radius 2 is 0.969 bits per heavy atom. The van der Waals surface area contributed by atoms with Crippen molar-refractivity contribution < 1.29 is 9.59 Å². The Bertz CT molecular complexity index is 813. The third-order valence-corrected chi connectivity index (χ3v) is 8.71. The van der Waals surface area contributed by atoms with Crippen molar-refractivity contribution in [2.45, 2.75) is 90.4 Å². The second kappa shape index (κ2) is 7.84. The summed E-state index contributed by atoms with van der Waals surface area (Å²) in [5, 5.41) is 6.16. The molecule has 0 bridgehead atoms. The number of nitrogens with one attached hydrogen (secondary N) is 2. The lowest BCUT2D eigenvalue weighted by molar-refractivity contribution is -0.122. The van der Waals surface area contributed by atoms with Crippen LogP contribution in [0.4, 0.5) is 11.4 Å². The molecular weight excluding hydrogens is 400 g/mol. The van der Waals surface area contributed by atoms with Crippen molar-refractivity contribution in [1.82, 2.24) is 9.80 Å². The van der Waals surface area contributed by atoms with E-state index in [2.05, 4.69) is 89.9 Å². The highest BCUT2D eigenvalue weighted by Crippen LogP contribution is 2.45. The molecule has 32 heavy (non-hydrogen) atoms. The van der Waals surface area contributed by atoms with Crippen LogP contribution in [0.25, 0.3) is 0 Å². The summed E-state index contributed by atoms with van der Waals surface area (Å²) in [6.07, 6.45) is 1.64. The smallest absolute Gasteiger partial charge is 0.229 e. The van der Waals surface area contributed by atoms with Gasteiger partial charge in [-0.1, -0.05) is 0 Å². The number of amides is 2. The van der Waals surface area contributed by atoms with Gasteiger partial charge >= 0.3 is 0 Å². The normalized spacial score (nSPS) is 28.4. The van der Waals surface area contributed by atoms with E-state index in [1.54, 1.807) is 0 Å². The number of nitrogens with zero attached hydrogens (tertiary/aromatic N) is 2. The van der Waals surface area contributed by atoms with E-state index >= 15 is 0 Å². The molecule has 2 unspecified atom stereocenters. The molecule has 2 amide bonds. The van der Waals surface area contributed by atoms with Crippen molar-refractivity contribution in [2.24, 2.45) is 11.8 Å². The van der Waals surface area contributed by atoms with Gasteiger partial charge in [0, 0.05) is 33.5 Å². The maximum atomic E-state index is 13.1. The second-order valence-electron chi connectivity index (χ2n) is 12.1. The minimum absolute atomic E-state index is 0.0176. The second-order valence-corrected chi connectivity index (χ2v) is 12.1. The molecular formula is C26H42N4O2. The maximum absolute atomic E-state index is 13.1. The topological polar surface area (TPSA) is 64.7 Å². The molecule has 0 spiro atoms. The van der Waals surface area contributed by atoms with Crippen LogP contribution in [-0.4, -0.2) is 57.9 Å². The predicted molar refractivity (Wildman–Crippen MR) is 132 cm³/mol. The van der Waals surface area contributed by atoms with Crippen LogP contribution in [-0.2, 0) is 9.59 Å². The highest BCUT2D eigenvalue weighted by Gasteiger charge is 2.53. The molecule has 3 rings (SSSR count). The molecule has 2 N–H and O–H groups in total. The van der Waals surface area contributed by atoms with Gasteiger partial charge < -0.3 is 10.6 Å². The van der Waals surface area contributed by atoms with Gasteiger partial charge in [-0.2, -0.15) is 0 Å². The van der Waals surface area contributed by atoms with E-state index in [1.165, 1.54) is 0 Å². The number of hydrogen-bond acceptors (Lipinski definition) is 4. The molecule has 6 nitrogen and oxygen atoms in total. The van der Waals surface area contributed by atoms with Crippen LogP contribution in [0.5, 0.6) is 0 Å². The SMILES string of the molecule is CN1C(C)(C)CC(C(=O)Nc2ccc(NC(=O)C3CC(C)(C)N(C)C3(C)C)cc2)C1(C)C. The number of benzene rings is 1. The van der Waals surface area contributed by atoms with Crippen molar-refractivity contribution in [3.8, 4) is 0 Å². The average molecular weight is 443 g/mol. The summed E-state index contributed by atoms with van der Waals surface area (Å²) < 4.78 is 0. The van der Waals surface area contributed by atoms with Gasteiger partial charge in [-0.15, -0.1) is 0 Å². The lowest BCUT2D eigenvalue weighted by Crippen LogP contribution is -2.48. The first-order valence-corrected chi connectivity index (χ1v) is 11.7. The van der Waals surface area contributed by atoms with E-state index in [9.17, 15) is 9.59 Å². The summed E-state index contributed by atoms with van der Waals surface area (Å²) in [4.78, 5) is 30.7. The van der Waals surface area contributed by atoms with Crippen LogP contribution in [0.15, 0.2) is 24.3 Å². The summed E-state index contributed by atoms with van der Waals surface area (Å²) in [6, 6.07) is 7.45. The Labute approximate surface area is 194 Å². The van der Waals surface area contributed by atoms with Gasteiger partial charge in [0.25, 0.3) is 0 Å². The lowest BCUT2D eigenvalue weighted by atomic mass is 9.86. The monoisotopic (exact) mass is 442 g/mol. The van der Waals surface area contributed by atoms with E-state index in [-0.39, 0.29) is 45.8 Å². The first-order chi connectivity index (χ1) is 14.5. The minimum atomic E-state index is -0.212. The molecule has 1 aromatic rings. The summed E-state index contributed by atoms with van der Waals surface area (Å²) in [7, 11) is 4.19. The molecule has 6 heteroatoms. The van der Waals surface area contributed by atoms with E-state index in [0.29, 0.717) is 0 Å². The number of anilines is 2. The molecule has 2 aliphatic heterocycles. The Kier molecular flexibility index (Phi) is 6.06. The summed E-state index contributed by atoms with van der Waals surface area (Å²) in [5.74, 6) is -0.0944. The third kappa shape index (κ3) is 4.19. The fourth-order valence-electron chi connectivity index (χ4n) is 5.72. The van der Waals surface area contributed by atoms with Crippen LogP contribution >= 0.6 is 0 Å². The first kappa shape index (κ1) is 24.7. The van der Waals surface area contributed by atoms with Crippen molar-refractivity contribution in [3.05, 3.63) is 24.3 Å². The van der Waals surface area contributed by atoms with Crippen LogP contribution in [0, 0.1) is 11.8 Å². The number of hydrogen-bond donors (Lipinski definition) is 2. The Morgan fingerprint density at radius 1 is 0.688 bits per heavy atom. The average Bonchev–Trinajstić information content (AvgIpc) is 2.96. The van der Waals surface area contributed by atoms with Gasteiger partial charge in [0.15, 0.2) is 0 Å². The summed E-state index contributed by atoms with van der Waals surface area (Å²) in [5.41, 5.74) is 1.04. The zero-order chi connectivity index (χ0) is 24.3. The Hall–Kier alpha value is -1.92. The molecule has 2 fully saturated rings. The van der Waals surface area contributed by atoms with Crippen molar-refractivity contribution in [3.63, 3.8) is 0 Å². The molecule has 0 aromatic heterocycles. The lowest BCUT2D eigenvalue weighted by Gasteiger charge is -2.38. The first-order valence-electron chi connectivity index (χ1n) is 11.7. The molecule has 2 heterocycles. The quantitative estimate of drug-likeness (QED) is 0.716. The number of likely N-dealkylation sites (tertiary alicyclic amines) is 2. The fourth-order valence-corrected chi connectivity index (χ4v) is 5.72. The van der Waals surface area contributed by atoms with E-state index in [1.807, 2.05) is 24.3 Å². The molecule has 0 radical (unpaired) electrons. The molecule has 2 atom stereocenters. The van der Waals surface area contributed by atoms with Gasteiger partial charge in [-0.25, -0.2) is 0 Å². The van der Waals surface area contributed by atoms with Crippen molar-refractivity contribution in [1.29, 1.82) is 0 Å². The Morgan fingerprint density at radius 3 is 1.19 bits per heavy atom. The molecule has 0 aliphatic carbocycles. The molecule has 178 valence electrons. The maximum Gasteiger partial charge on any atom is 0.229 e. The zero-order valence-corrected chi connectivity index (χ0v) is 21.6. The van der Waals surface area contributed by atoms with Crippen LogP contribution in [0.1, 0.15) is 68.2 Å². The van der Waals surface area contributed by atoms with Crippen LogP contribution in [0.3, 0.4) is 0 Å².